The number of amides is 1. The molecule has 0 radical (unpaired) electrons. The second-order valence-electron chi connectivity index (χ2n) is 6.47. The first-order valence-electron chi connectivity index (χ1n) is 9.01. The largest absolute Gasteiger partial charge is 0.493 e. The van der Waals surface area contributed by atoms with Gasteiger partial charge >= 0.3 is 0 Å². The molecule has 10 heteroatoms. The summed E-state index contributed by atoms with van der Waals surface area (Å²) < 4.78 is 16.1. The second-order valence-corrected chi connectivity index (χ2v) is 8.46. The number of hydrogen-bond donors (Lipinski definition) is 1. The lowest BCUT2D eigenvalue weighted by molar-refractivity contribution is -0.118. The van der Waals surface area contributed by atoms with E-state index >= 15 is 0 Å². The fourth-order valence-electron chi connectivity index (χ4n) is 2.79. The van der Waals surface area contributed by atoms with Gasteiger partial charge in [-0.25, -0.2) is 4.98 Å². The normalized spacial score (nSPS) is 10.7. The summed E-state index contributed by atoms with van der Waals surface area (Å²) in [4.78, 5) is 16.8. The number of carbonyl (C=O) groups excluding carboxylic acids is 1. The quantitative estimate of drug-likeness (QED) is 0.404. The highest BCUT2D eigenvalue weighted by atomic mass is 35.5. The third-order valence-electron chi connectivity index (χ3n) is 4.49. The third-order valence-corrected chi connectivity index (χ3v) is 6.73. The van der Waals surface area contributed by atoms with Crippen LogP contribution in [0.2, 0.25) is 15.1 Å². The van der Waals surface area contributed by atoms with Crippen LogP contribution in [-0.4, -0.2) is 31.7 Å². The van der Waals surface area contributed by atoms with Crippen LogP contribution >= 0.6 is 46.1 Å². The molecule has 1 amide bonds. The van der Waals surface area contributed by atoms with E-state index < -0.39 is 5.91 Å². The molecule has 3 aromatic rings. The van der Waals surface area contributed by atoms with Gasteiger partial charge in [-0.1, -0.05) is 34.8 Å². The molecule has 1 N–H and O–H groups in total. The number of thiazole rings is 1. The molecule has 0 aliphatic carbocycles. The zero-order valence-corrected chi connectivity index (χ0v) is 20.2. The lowest BCUT2D eigenvalue weighted by atomic mass is 10.1. The van der Waals surface area contributed by atoms with E-state index in [4.69, 9.17) is 49.0 Å². The number of anilines is 1. The van der Waals surface area contributed by atoms with Crippen LogP contribution in [0.4, 0.5) is 5.13 Å². The standard InChI is InChI=1S/C21H19Cl3N2O4S/c1-10-17(22)11(2)19(24)20(18(10)23)30-8-16(27)26-21-25-13(9-31-21)12-5-6-14(28-3)15(7-12)29-4/h5-7,9H,8H2,1-4H3,(H,25,26,27). The zero-order chi connectivity index (χ0) is 22.7. The number of carbonyl (C=O) groups is 1. The Balaban J connectivity index is 1.69. The van der Waals surface area contributed by atoms with Crippen molar-refractivity contribution >= 4 is 57.2 Å². The summed E-state index contributed by atoms with van der Waals surface area (Å²) in [6, 6.07) is 5.47. The van der Waals surface area contributed by atoms with Crippen LogP contribution in [-0.2, 0) is 4.79 Å². The molecule has 164 valence electrons. The molecule has 3 rings (SSSR count). The van der Waals surface area contributed by atoms with E-state index in [1.807, 2.05) is 17.5 Å². The van der Waals surface area contributed by atoms with Crippen molar-refractivity contribution in [1.82, 2.24) is 4.98 Å². The lowest BCUT2D eigenvalue weighted by Crippen LogP contribution is -2.20. The maximum atomic E-state index is 12.4. The molecule has 0 atom stereocenters. The summed E-state index contributed by atoms with van der Waals surface area (Å²) in [6.07, 6.45) is 0. The van der Waals surface area contributed by atoms with Gasteiger partial charge in [-0.2, -0.15) is 0 Å². The number of hydrogen-bond acceptors (Lipinski definition) is 6. The van der Waals surface area contributed by atoms with E-state index in [0.29, 0.717) is 38.5 Å². The molecule has 0 spiro atoms. The molecule has 0 saturated carbocycles. The van der Waals surface area contributed by atoms with Crippen molar-refractivity contribution in [1.29, 1.82) is 0 Å². The molecule has 0 saturated heterocycles. The van der Waals surface area contributed by atoms with E-state index in [1.54, 1.807) is 34.1 Å². The molecule has 0 aliphatic heterocycles. The Bertz CT molecular complexity index is 1110. The molecule has 1 aromatic heterocycles. The van der Waals surface area contributed by atoms with Crippen molar-refractivity contribution in [3.8, 4) is 28.5 Å². The zero-order valence-electron chi connectivity index (χ0n) is 17.1. The van der Waals surface area contributed by atoms with Crippen LogP contribution in [0.5, 0.6) is 17.2 Å². The van der Waals surface area contributed by atoms with Crippen molar-refractivity contribution in [2.24, 2.45) is 0 Å². The van der Waals surface area contributed by atoms with Crippen LogP contribution in [0.25, 0.3) is 11.3 Å². The van der Waals surface area contributed by atoms with Crippen LogP contribution in [0.3, 0.4) is 0 Å². The Labute approximate surface area is 199 Å². The van der Waals surface area contributed by atoms with Gasteiger partial charge in [0.05, 0.1) is 30.0 Å². The van der Waals surface area contributed by atoms with Gasteiger partial charge < -0.3 is 14.2 Å². The van der Waals surface area contributed by atoms with Gasteiger partial charge in [0.1, 0.15) is 0 Å². The van der Waals surface area contributed by atoms with Gasteiger partial charge in [-0.3, -0.25) is 10.1 Å². The predicted molar refractivity (Wildman–Crippen MR) is 126 cm³/mol. The Morgan fingerprint density at radius 3 is 2.29 bits per heavy atom. The fourth-order valence-corrected chi connectivity index (χ4v) is 4.35. The number of methoxy groups -OCH3 is 2. The summed E-state index contributed by atoms with van der Waals surface area (Å²) in [7, 11) is 3.14. The number of benzene rings is 2. The van der Waals surface area contributed by atoms with E-state index in [2.05, 4.69) is 10.3 Å². The first kappa shape index (κ1) is 23.5. The highest BCUT2D eigenvalue weighted by Crippen LogP contribution is 2.42. The molecule has 0 bridgehead atoms. The average Bonchev–Trinajstić information content (AvgIpc) is 3.24. The van der Waals surface area contributed by atoms with Crippen molar-refractivity contribution in [3.05, 3.63) is 49.8 Å². The molecule has 0 fully saturated rings. The highest BCUT2D eigenvalue weighted by molar-refractivity contribution is 7.14. The van der Waals surface area contributed by atoms with Crippen LogP contribution in [0.1, 0.15) is 11.1 Å². The molecular formula is C21H19Cl3N2O4S. The number of aromatic nitrogens is 1. The Hall–Kier alpha value is -2.19. The SMILES string of the molecule is COc1ccc(-c2csc(NC(=O)COc3c(Cl)c(C)c(Cl)c(C)c3Cl)n2)cc1OC. The van der Waals surface area contributed by atoms with Crippen molar-refractivity contribution in [2.75, 3.05) is 26.1 Å². The summed E-state index contributed by atoms with van der Waals surface area (Å²) >= 11 is 20.0. The number of halogens is 3. The molecule has 6 nitrogen and oxygen atoms in total. The minimum atomic E-state index is -0.398. The molecular weight excluding hydrogens is 483 g/mol. The number of nitrogens with zero attached hydrogens (tertiary/aromatic N) is 1. The summed E-state index contributed by atoms with van der Waals surface area (Å²) in [5.74, 6) is 1.04. The van der Waals surface area contributed by atoms with E-state index in [1.165, 1.54) is 11.3 Å². The predicted octanol–water partition coefficient (Wildman–Crippen LogP) is 6.42. The van der Waals surface area contributed by atoms with E-state index in [-0.39, 0.29) is 22.4 Å². The minimum absolute atomic E-state index is 0.225. The number of ether oxygens (including phenoxy) is 3. The number of rotatable bonds is 7. The Kier molecular flexibility index (Phi) is 7.54. The molecule has 1 heterocycles. The smallest absolute Gasteiger partial charge is 0.264 e. The van der Waals surface area contributed by atoms with Crippen LogP contribution in [0, 0.1) is 13.8 Å². The molecule has 0 unspecified atom stereocenters. The van der Waals surface area contributed by atoms with Crippen molar-refractivity contribution in [2.45, 2.75) is 13.8 Å². The fraction of sp³-hybridized carbons (Fsp3) is 0.238. The van der Waals surface area contributed by atoms with E-state index in [0.717, 1.165) is 5.56 Å². The Morgan fingerprint density at radius 2 is 1.68 bits per heavy atom. The minimum Gasteiger partial charge on any atom is -0.493 e. The van der Waals surface area contributed by atoms with Crippen molar-refractivity contribution < 1.29 is 19.0 Å². The maximum Gasteiger partial charge on any atom is 0.264 e. The Morgan fingerprint density at radius 1 is 1.03 bits per heavy atom. The first-order chi connectivity index (χ1) is 14.8. The van der Waals surface area contributed by atoms with Gasteiger partial charge in [0.2, 0.25) is 0 Å². The average molecular weight is 502 g/mol. The van der Waals surface area contributed by atoms with Crippen LogP contribution in [0.15, 0.2) is 23.6 Å². The molecule has 31 heavy (non-hydrogen) atoms. The molecule has 0 aliphatic rings. The van der Waals surface area contributed by atoms with Crippen LogP contribution < -0.4 is 19.5 Å². The van der Waals surface area contributed by atoms with Gasteiger partial charge in [0, 0.05) is 16.0 Å². The van der Waals surface area contributed by atoms with Crippen molar-refractivity contribution in [3.63, 3.8) is 0 Å². The second kappa shape index (κ2) is 9.96. The maximum absolute atomic E-state index is 12.4. The topological polar surface area (TPSA) is 69.7 Å². The van der Waals surface area contributed by atoms with Gasteiger partial charge in [0.15, 0.2) is 29.0 Å². The lowest BCUT2D eigenvalue weighted by Gasteiger charge is -2.15. The first-order valence-corrected chi connectivity index (χ1v) is 11.0. The summed E-state index contributed by atoms with van der Waals surface area (Å²) in [5.41, 5.74) is 2.80. The van der Waals surface area contributed by atoms with Gasteiger partial charge in [-0.05, 0) is 43.2 Å². The molecule has 2 aromatic carbocycles. The van der Waals surface area contributed by atoms with Gasteiger partial charge in [0.25, 0.3) is 5.91 Å². The van der Waals surface area contributed by atoms with Gasteiger partial charge in [-0.15, -0.1) is 11.3 Å². The summed E-state index contributed by atoms with van der Waals surface area (Å²) in [6.45, 7) is 3.23. The highest BCUT2D eigenvalue weighted by Gasteiger charge is 2.19. The third kappa shape index (κ3) is 5.01. The summed E-state index contributed by atoms with van der Waals surface area (Å²) in [5, 5.41) is 5.99. The van der Waals surface area contributed by atoms with E-state index in [9.17, 15) is 4.79 Å². The number of nitrogens with one attached hydrogen (secondary N) is 1. The monoisotopic (exact) mass is 500 g/mol.